The van der Waals surface area contributed by atoms with E-state index in [1.165, 1.54) is 32.4 Å². The van der Waals surface area contributed by atoms with Crippen molar-refractivity contribution in [2.75, 3.05) is 26.2 Å². The van der Waals surface area contributed by atoms with E-state index in [-0.39, 0.29) is 12.4 Å². The minimum atomic E-state index is 0. The van der Waals surface area contributed by atoms with Gasteiger partial charge < -0.3 is 14.6 Å². The molecule has 1 N–H and O–H groups in total. The Balaban J connectivity index is 0.00000210. The Kier molecular flexibility index (Phi) is 6.79. The summed E-state index contributed by atoms with van der Waals surface area (Å²) in [7, 11) is 2.09. The van der Waals surface area contributed by atoms with Crippen LogP contribution >= 0.6 is 12.4 Å². The summed E-state index contributed by atoms with van der Waals surface area (Å²) >= 11 is 0. The topological polar surface area (TPSA) is 42.3 Å². The number of hydrogen-bond acceptors (Lipinski definition) is 4. The van der Waals surface area contributed by atoms with Crippen LogP contribution in [-0.4, -0.2) is 46.7 Å². The third-order valence-corrected chi connectivity index (χ3v) is 6.05. The molecule has 2 fully saturated rings. The number of ether oxygens (including phenoxy) is 1. The number of imidazole rings is 1. The summed E-state index contributed by atoms with van der Waals surface area (Å²) in [6, 6.07) is 10.8. The second-order valence-electron chi connectivity index (χ2n) is 7.77. The lowest BCUT2D eigenvalue weighted by molar-refractivity contribution is 0.175. The number of nitrogens with one attached hydrogen (secondary N) is 1. The minimum Gasteiger partial charge on any atom is -0.494 e. The van der Waals surface area contributed by atoms with E-state index in [4.69, 9.17) is 4.74 Å². The van der Waals surface area contributed by atoms with E-state index >= 15 is 0 Å². The van der Waals surface area contributed by atoms with Crippen molar-refractivity contribution in [1.29, 1.82) is 0 Å². The van der Waals surface area contributed by atoms with Crippen LogP contribution < -0.4 is 10.1 Å². The van der Waals surface area contributed by atoms with Gasteiger partial charge in [-0.15, -0.1) is 12.4 Å². The molecule has 6 heteroatoms. The average Bonchev–Trinajstić information content (AvgIpc) is 3.20. The number of hydrogen-bond donors (Lipinski definition) is 1. The Labute approximate surface area is 168 Å². The first-order chi connectivity index (χ1) is 12.8. The first-order valence-corrected chi connectivity index (χ1v) is 9.86. The van der Waals surface area contributed by atoms with Gasteiger partial charge in [-0.25, -0.2) is 4.98 Å². The molecule has 0 radical (unpaired) electrons. The number of nitrogens with zero attached hydrogens (tertiary/aromatic N) is 3. The van der Waals surface area contributed by atoms with Crippen molar-refractivity contribution in [3.05, 3.63) is 48.5 Å². The smallest absolute Gasteiger partial charge is 0.122 e. The quantitative estimate of drug-likeness (QED) is 0.702. The van der Waals surface area contributed by atoms with E-state index in [1.807, 2.05) is 42.7 Å². The van der Waals surface area contributed by atoms with Gasteiger partial charge in [-0.1, -0.05) is 18.2 Å². The number of piperidine rings is 1. The van der Waals surface area contributed by atoms with Crippen molar-refractivity contribution in [2.45, 2.75) is 38.3 Å². The predicted molar refractivity (Wildman–Crippen MR) is 110 cm³/mol. The highest BCUT2D eigenvalue weighted by Gasteiger charge is 2.56. The van der Waals surface area contributed by atoms with Crippen LogP contribution in [0, 0.1) is 5.41 Å². The van der Waals surface area contributed by atoms with Gasteiger partial charge in [-0.2, -0.15) is 0 Å². The standard InChI is InChI=1S/C21H30N4O.ClH/c1-24-14-12-23-20(24)17-25(19-16-21(19)8-10-22-11-9-21)13-5-15-26-18-6-3-2-4-7-18;/h2-4,6-7,12,14,19,22H,5,8-11,13,15-17H2,1H3;1H. The van der Waals surface area contributed by atoms with Gasteiger partial charge >= 0.3 is 0 Å². The van der Waals surface area contributed by atoms with Crippen LogP contribution in [0.3, 0.4) is 0 Å². The molecule has 1 saturated carbocycles. The van der Waals surface area contributed by atoms with Crippen molar-refractivity contribution in [3.63, 3.8) is 0 Å². The molecule has 4 rings (SSSR count). The molecular formula is C21H31ClN4O. The monoisotopic (exact) mass is 390 g/mol. The molecule has 2 aliphatic rings. The van der Waals surface area contributed by atoms with Gasteiger partial charge in [-0.05, 0) is 56.3 Å². The van der Waals surface area contributed by atoms with E-state index < -0.39 is 0 Å². The van der Waals surface area contributed by atoms with Crippen LogP contribution in [-0.2, 0) is 13.6 Å². The van der Waals surface area contributed by atoms with Gasteiger partial charge in [-0.3, -0.25) is 4.90 Å². The maximum Gasteiger partial charge on any atom is 0.122 e. The summed E-state index contributed by atoms with van der Waals surface area (Å²) in [5, 5.41) is 3.51. The van der Waals surface area contributed by atoms with Gasteiger partial charge in [0, 0.05) is 32.0 Å². The average molecular weight is 391 g/mol. The molecule has 1 aliphatic carbocycles. The van der Waals surface area contributed by atoms with Crippen LogP contribution in [0.15, 0.2) is 42.7 Å². The molecular weight excluding hydrogens is 360 g/mol. The van der Waals surface area contributed by atoms with Crippen molar-refractivity contribution in [1.82, 2.24) is 19.8 Å². The molecule has 2 heterocycles. The van der Waals surface area contributed by atoms with Crippen molar-refractivity contribution in [3.8, 4) is 5.75 Å². The van der Waals surface area contributed by atoms with E-state index in [1.54, 1.807) is 0 Å². The fourth-order valence-corrected chi connectivity index (χ4v) is 4.35. The maximum atomic E-state index is 5.89. The lowest BCUT2D eigenvalue weighted by atomic mass is 9.93. The highest BCUT2D eigenvalue weighted by Crippen LogP contribution is 2.55. The summed E-state index contributed by atoms with van der Waals surface area (Å²) in [6.07, 6.45) is 8.96. The van der Waals surface area contributed by atoms with E-state index in [0.29, 0.717) is 11.5 Å². The lowest BCUT2D eigenvalue weighted by Crippen LogP contribution is -2.37. The van der Waals surface area contributed by atoms with E-state index in [9.17, 15) is 0 Å². The number of aryl methyl sites for hydroxylation is 1. The SMILES string of the molecule is Cl.Cn1ccnc1CN(CCCOc1ccccc1)C1CC12CCNCC2. The van der Waals surface area contributed by atoms with Gasteiger partial charge in [0.2, 0.25) is 0 Å². The zero-order valence-corrected chi connectivity index (χ0v) is 17.0. The zero-order chi connectivity index (χ0) is 17.8. The molecule has 1 aromatic carbocycles. The molecule has 1 spiro atoms. The molecule has 5 nitrogen and oxygen atoms in total. The zero-order valence-electron chi connectivity index (χ0n) is 16.1. The molecule has 148 valence electrons. The molecule has 0 bridgehead atoms. The van der Waals surface area contributed by atoms with Crippen molar-refractivity contribution >= 4 is 12.4 Å². The van der Waals surface area contributed by atoms with Crippen LogP contribution in [0.4, 0.5) is 0 Å². The first-order valence-electron chi connectivity index (χ1n) is 9.86. The Morgan fingerprint density at radius 3 is 2.74 bits per heavy atom. The van der Waals surface area contributed by atoms with Gasteiger partial charge in [0.05, 0.1) is 13.2 Å². The maximum absolute atomic E-state index is 5.89. The van der Waals surface area contributed by atoms with Gasteiger partial charge in [0.15, 0.2) is 0 Å². The fourth-order valence-electron chi connectivity index (χ4n) is 4.35. The molecule has 0 amide bonds. The number of rotatable bonds is 8. The number of halogens is 1. The molecule has 1 atom stereocenters. The summed E-state index contributed by atoms with van der Waals surface area (Å²) in [5.74, 6) is 2.12. The van der Waals surface area contributed by atoms with E-state index in [2.05, 4.69) is 26.8 Å². The Morgan fingerprint density at radius 2 is 2.04 bits per heavy atom. The molecule has 27 heavy (non-hydrogen) atoms. The summed E-state index contributed by atoms with van der Waals surface area (Å²) in [6.45, 7) is 5.12. The predicted octanol–water partition coefficient (Wildman–Crippen LogP) is 3.26. The van der Waals surface area contributed by atoms with E-state index in [0.717, 1.165) is 37.7 Å². The van der Waals surface area contributed by atoms with Gasteiger partial charge in [0.1, 0.15) is 11.6 Å². The molecule has 1 unspecified atom stereocenters. The van der Waals surface area contributed by atoms with Crippen molar-refractivity contribution < 1.29 is 4.74 Å². The molecule has 1 aliphatic heterocycles. The minimum absolute atomic E-state index is 0. The molecule has 1 saturated heterocycles. The third kappa shape index (κ3) is 4.84. The van der Waals surface area contributed by atoms with Crippen LogP contribution in [0.25, 0.3) is 0 Å². The Morgan fingerprint density at radius 1 is 1.26 bits per heavy atom. The summed E-state index contributed by atoms with van der Waals surface area (Å²) < 4.78 is 8.04. The second kappa shape index (κ2) is 9.09. The van der Waals surface area contributed by atoms with Gasteiger partial charge in [0.25, 0.3) is 0 Å². The largest absolute Gasteiger partial charge is 0.494 e. The third-order valence-electron chi connectivity index (χ3n) is 6.05. The summed E-state index contributed by atoms with van der Waals surface area (Å²) in [5.41, 5.74) is 0.552. The van der Waals surface area contributed by atoms with Crippen LogP contribution in [0.1, 0.15) is 31.5 Å². The highest BCUT2D eigenvalue weighted by atomic mass is 35.5. The Hall–Kier alpha value is -1.56. The highest BCUT2D eigenvalue weighted by molar-refractivity contribution is 5.85. The number of para-hydroxylation sites is 1. The lowest BCUT2D eigenvalue weighted by Gasteiger charge is -2.29. The van der Waals surface area contributed by atoms with Crippen LogP contribution in [0.5, 0.6) is 5.75 Å². The van der Waals surface area contributed by atoms with Crippen molar-refractivity contribution in [2.24, 2.45) is 12.5 Å². The molecule has 1 aromatic heterocycles. The second-order valence-corrected chi connectivity index (χ2v) is 7.77. The number of benzene rings is 1. The first kappa shape index (κ1) is 20.2. The summed E-state index contributed by atoms with van der Waals surface area (Å²) in [4.78, 5) is 7.21. The normalized spacial score (nSPS) is 20.4. The van der Waals surface area contributed by atoms with Crippen LogP contribution in [0.2, 0.25) is 0 Å². The molecule has 2 aromatic rings. The fraction of sp³-hybridized carbons (Fsp3) is 0.571. The Bertz CT molecular complexity index is 699. The number of aromatic nitrogens is 2.